The van der Waals surface area contributed by atoms with Gasteiger partial charge in [0.25, 0.3) is 0 Å². The second-order valence-electron chi connectivity index (χ2n) is 1.40. The van der Waals surface area contributed by atoms with Gasteiger partial charge < -0.3 is 0 Å². The fraction of sp³-hybridized carbons (Fsp3) is 0.200. The van der Waals surface area contributed by atoms with E-state index >= 15 is 0 Å². The highest BCUT2D eigenvalue weighted by Crippen LogP contribution is 2.20. The summed E-state index contributed by atoms with van der Waals surface area (Å²) in [6.07, 6.45) is 0.552. The van der Waals surface area contributed by atoms with Gasteiger partial charge in [-0.3, -0.25) is 0 Å². The number of hydrogen-bond donors (Lipinski definition) is 0. The molecule has 0 bridgehead atoms. The first-order chi connectivity index (χ1) is 3.84. The Bertz CT molecular complexity index is 173. The van der Waals surface area contributed by atoms with Crippen LogP contribution in [0.5, 0.6) is 0 Å². The van der Waals surface area contributed by atoms with Crippen LogP contribution in [0.1, 0.15) is 4.88 Å². The molecule has 0 fully saturated rings. The van der Waals surface area contributed by atoms with Crippen molar-refractivity contribution in [1.82, 2.24) is 0 Å². The molecule has 40 valence electrons. The van der Waals surface area contributed by atoms with Gasteiger partial charge in [0, 0.05) is 4.88 Å². The molecule has 1 aromatic heterocycles. The zero-order valence-electron chi connectivity index (χ0n) is 4.23. The quantitative estimate of drug-likeness (QED) is 0.527. The molecule has 0 N–H and O–H groups in total. The van der Waals surface area contributed by atoms with E-state index in [2.05, 4.69) is 0 Å². The van der Waals surface area contributed by atoms with Crippen LogP contribution in [0.15, 0.2) is 11.4 Å². The SMILES string of the molecule is [B]Cc1sccc1Cl. The molecule has 1 rings (SSSR count). The molecule has 0 aliphatic rings. The van der Waals surface area contributed by atoms with E-state index in [0.29, 0.717) is 6.32 Å². The summed E-state index contributed by atoms with van der Waals surface area (Å²) in [5, 5.41) is 2.72. The van der Waals surface area contributed by atoms with E-state index in [-0.39, 0.29) is 0 Å². The van der Waals surface area contributed by atoms with Crippen LogP contribution in [0, 0.1) is 0 Å². The topological polar surface area (TPSA) is 0 Å². The van der Waals surface area contributed by atoms with E-state index < -0.39 is 0 Å². The first-order valence-electron chi connectivity index (χ1n) is 2.26. The second kappa shape index (κ2) is 2.56. The van der Waals surface area contributed by atoms with E-state index in [4.69, 9.17) is 19.4 Å². The van der Waals surface area contributed by atoms with Gasteiger partial charge in [-0.25, -0.2) is 0 Å². The lowest BCUT2D eigenvalue weighted by Crippen LogP contribution is -1.74. The van der Waals surface area contributed by atoms with Crippen molar-refractivity contribution in [3.8, 4) is 0 Å². The molecule has 1 heterocycles. The van der Waals surface area contributed by atoms with Crippen LogP contribution in [0.4, 0.5) is 0 Å². The summed E-state index contributed by atoms with van der Waals surface area (Å²) in [6.45, 7) is 0. The maximum Gasteiger partial charge on any atom is 0.0728 e. The lowest BCUT2D eigenvalue weighted by molar-refractivity contribution is 1.53. The molecule has 8 heavy (non-hydrogen) atoms. The maximum absolute atomic E-state index is 5.67. The van der Waals surface area contributed by atoms with E-state index in [9.17, 15) is 0 Å². The lowest BCUT2D eigenvalue weighted by Gasteiger charge is -1.85. The summed E-state index contributed by atoms with van der Waals surface area (Å²) in [5.41, 5.74) is 0. The Kier molecular flexibility index (Phi) is 1.98. The fourth-order valence-electron chi connectivity index (χ4n) is 0.471. The van der Waals surface area contributed by atoms with Crippen LogP contribution in [0.3, 0.4) is 0 Å². The molecular formula is C5H4BClS. The molecule has 0 nitrogen and oxygen atoms in total. The fourth-order valence-corrected chi connectivity index (χ4v) is 1.46. The monoisotopic (exact) mass is 142 g/mol. The molecule has 3 heteroatoms. The molecule has 1 aromatic rings. The standard InChI is InChI=1S/C5H4BClS/c6-3-5-4(7)1-2-8-5/h1-2H,3H2. The minimum Gasteiger partial charge on any atom is -0.148 e. The van der Waals surface area contributed by atoms with E-state index in [1.807, 2.05) is 11.4 Å². The molecule has 0 aliphatic carbocycles. The summed E-state index contributed by atoms with van der Waals surface area (Å²) in [5.74, 6) is 0. The van der Waals surface area contributed by atoms with Gasteiger partial charge in [-0.2, -0.15) is 0 Å². The summed E-state index contributed by atoms with van der Waals surface area (Å²) in [7, 11) is 5.32. The number of halogens is 1. The van der Waals surface area contributed by atoms with Crippen molar-refractivity contribution in [2.45, 2.75) is 6.32 Å². The van der Waals surface area contributed by atoms with E-state index in [0.717, 1.165) is 9.90 Å². The largest absolute Gasteiger partial charge is 0.148 e. The molecule has 0 saturated heterocycles. The maximum atomic E-state index is 5.67. The van der Waals surface area contributed by atoms with Gasteiger partial charge in [-0.05, 0) is 11.4 Å². The Morgan fingerprint density at radius 1 is 1.75 bits per heavy atom. The molecule has 0 amide bonds. The zero-order valence-corrected chi connectivity index (χ0v) is 5.80. The van der Waals surface area contributed by atoms with Crippen molar-refractivity contribution in [3.05, 3.63) is 21.3 Å². The smallest absolute Gasteiger partial charge is 0.0728 e. The van der Waals surface area contributed by atoms with Crippen LogP contribution in [0.25, 0.3) is 0 Å². The average Bonchev–Trinajstić information content (AvgIpc) is 2.14. The van der Waals surface area contributed by atoms with Crippen molar-refractivity contribution >= 4 is 30.8 Å². The average molecular weight is 142 g/mol. The van der Waals surface area contributed by atoms with Crippen molar-refractivity contribution in [2.75, 3.05) is 0 Å². The summed E-state index contributed by atoms with van der Waals surface area (Å²) in [6, 6.07) is 1.86. The van der Waals surface area contributed by atoms with E-state index in [1.165, 1.54) is 0 Å². The minimum atomic E-state index is 0.552. The van der Waals surface area contributed by atoms with Gasteiger partial charge in [-0.15, -0.1) is 11.3 Å². The Morgan fingerprint density at radius 3 is 2.75 bits per heavy atom. The van der Waals surface area contributed by atoms with Gasteiger partial charge >= 0.3 is 0 Å². The Morgan fingerprint density at radius 2 is 2.50 bits per heavy atom. The van der Waals surface area contributed by atoms with Crippen LogP contribution in [0.2, 0.25) is 5.02 Å². The van der Waals surface area contributed by atoms with Crippen molar-refractivity contribution in [1.29, 1.82) is 0 Å². The van der Waals surface area contributed by atoms with E-state index in [1.54, 1.807) is 11.3 Å². The third-order valence-electron chi connectivity index (χ3n) is 0.876. The lowest BCUT2D eigenvalue weighted by atomic mass is 10.0. The molecule has 0 unspecified atom stereocenters. The third-order valence-corrected chi connectivity index (χ3v) is 2.29. The van der Waals surface area contributed by atoms with Gasteiger partial charge in [0.05, 0.1) is 12.9 Å². The molecule has 0 aliphatic heterocycles. The Labute approximate surface area is 58.9 Å². The van der Waals surface area contributed by atoms with Gasteiger partial charge in [0.15, 0.2) is 0 Å². The number of thiophene rings is 1. The Balaban J connectivity index is 2.92. The first kappa shape index (κ1) is 6.18. The van der Waals surface area contributed by atoms with Gasteiger partial charge in [0.2, 0.25) is 0 Å². The molecule has 0 atom stereocenters. The number of hydrogen-bond acceptors (Lipinski definition) is 1. The van der Waals surface area contributed by atoms with Crippen LogP contribution < -0.4 is 0 Å². The van der Waals surface area contributed by atoms with Crippen molar-refractivity contribution in [2.24, 2.45) is 0 Å². The van der Waals surface area contributed by atoms with Crippen LogP contribution in [-0.2, 0) is 6.32 Å². The third kappa shape index (κ3) is 1.06. The normalized spacial score (nSPS) is 9.62. The van der Waals surface area contributed by atoms with Crippen LogP contribution >= 0.6 is 22.9 Å². The minimum absolute atomic E-state index is 0.552. The molecular weight excluding hydrogens is 138 g/mol. The highest BCUT2D eigenvalue weighted by molar-refractivity contribution is 7.10. The van der Waals surface area contributed by atoms with Crippen molar-refractivity contribution < 1.29 is 0 Å². The highest BCUT2D eigenvalue weighted by Gasteiger charge is 1.94. The predicted octanol–water partition coefficient (Wildman–Crippen LogP) is 2.07. The summed E-state index contributed by atoms with van der Waals surface area (Å²) in [4.78, 5) is 1.06. The summed E-state index contributed by atoms with van der Waals surface area (Å²) < 4.78 is 0. The number of rotatable bonds is 1. The van der Waals surface area contributed by atoms with Gasteiger partial charge in [-0.1, -0.05) is 17.9 Å². The van der Waals surface area contributed by atoms with Crippen molar-refractivity contribution in [3.63, 3.8) is 0 Å². The zero-order chi connectivity index (χ0) is 5.98. The predicted molar refractivity (Wildman–Crippen MR) is 38.8 cm³/mol. The Hall–Kier alpha value is 0.0549. The molecule has 0 saturated carbocycles. The summed E-state index contributed by atoms with van der Waals surface area (Å²) >= 11 is 7.26. The van der Waals surface area contributed by atoms with Crippen LogP contribution in [-0.4, -0.2) is 7.85 Å². The molecule has 2 radical (unpaired) electrons. The highest BCUT2D eigenvalue weighted by atomic mass is 35.5. The second-order valence-corrected chi connectivity index (χ2v) is 2.80. The molecule has 0 aromatic carbocycles. The molecule has 0 spiro atoms. The van der Waals surface area contributed by atoms with Gasteiger partial charge in [0.1, 0.15) is 0 Å². The first-order valence-corrected chi connectivity index (χ1v) is 3.52.